The maximum absolute atomic E-state index is 4.84. The molecule has 1 aromatic carbocycles. The lowest BCUT2D eigenvalue weighted by Crippen LogP contribution is -3.00. The second-order valence-electron chi connectivity index (χ2n) is 6.36. The molecule has 0 fully saturated rings. The summed E-state index contributed by atoms with van der Waals surface area (Å²) in [5, 5.41) is 1.26. The number of benzene rings is 2. The molecule has 0 amide bonds. The Bertz CT molecular complexity index is 888. The van der Waals surface area contributed by atoms with E-state index >= 15 is 0 Å². The van der Waals surface area contributed by atoms with Gasteiger partial charge in [-0.15, -0.1) is 11.3 Å². The van der Waals surface area contributed by atoms with E-state index in [0.29, 0.717) is 0 Å². The molecular formula is C20H26ClN3S. The van der Waals surface area contributed by atoms with Gasteiger partial charge in [-0.25, -0.2) is 9.56 Å². The highest BCUT2D eigenvalue weighted by molar-refractivity contribution is 7.21. The quantitative estimate of drug-likeness (QED) is 0.490. The molecule has 134 valence electrons. The van der Waals surface area contributed by atoms with Crippen molar-refractivity contribution in [1.82, 2.24) is 9.56 Å². The highest BCUT2D eigenvalue weighted by atomic mass is 35.5. The van der Waals surface area contributed by atoms with Gasteiger partial charge in [0.2, 0.25) is 5.36 Å². The van der Waals surface area contributed by atoms with Crippen LogP contribution in [0.3, 0.4) is 0 Å². The van der Waals surface area contributed by atoms with Gasteiger partial charge in [-0.1, -0.05) is 13.8 Å². The van der Waals surface area contributed by atoms with Crippen LogP contribution in [0.2, 0.25) is 0 Å². The van der Waals surface area contributed by atoms with Crippen LogP contribution in [-0.4, -0.2) is 32.2 Å². The molecular weight excluding hydrogens is 350 g/mol. The molecule has 0 bridgehead atoms. The predicted molar refractivity (Wildman–Crippen MR) is 106 cm³/mol. The molecule has 0 spiro atoms. The average molecular weight is 376 g/mol. The number of fused-ring (bicyclic) bond motifs is 2. The highest BCUT2D eigenvalue weighted by Gasteiger charge is 2.10. The number of hydrogen-bond acceptors (Lipinski definition) is 3. The second kappa shape index (κ2) is 8.63. The molecule has 0 aromatic heterocycles. The SMILES string of the molecule is CCCN(C)c1ccc2nc3ccc(=[N+](C)CCC)cc-3sc2c1.[Cl-]. The number of hydrogen-bond donors (Lipinski definition) is 0. The second-order valence-corrected chi connectivity index (χ2v) is 7.44. The van der Waals surface area contributed by atoms with Gasteiger partial charge in [-0.05, 0) is 30.7 Å². The number of aromatic nitrogens is 1. The molecule has 1 aliphatic heterocycles. The molecule has 1 aliphatic carbocycles. The fourth-order valence-corrected chi connectivity index (χ4v) is 4.04. The summed E-state index contributed by atoms with van der Waals surface area (Å²) in [4.78, 5) is 8.40. The third-order valence-electron chi connectivity index (χ3n) is 4.35. The summed E-state index contributed by atoms with van der Waals surface area (Å²) >= 11 is 1.83. The number of halogens is 1. The lowest BCUT2D eigenvalue weighted by molar-refractivity contribution is -0.00000498. The lowest BCUT2D eigenvalue weighted by Gasteiger charge is -2.18. The molecule has 3 nitrogen and oxygen atoms in total. The summed E-state index contributed by atoms with van der Waals surface area (Å²) in [6.45, 7) is 6.57. The minimum absolute atomic E-state index is 0. The number of anilines is 1. The van der Waals surface area contributed by atoms with Crippen LogP contribution < -0.4 is 27.2 Å². The summed E-state index contributed by atoms with van der Waals surface area (Å²) in [7, 11) is 4.31. The smallest absolute Gasteiger partial charge is 0.201 e. The zero-order chi connectivity index (χ0) is 17.1. The largest absolute Gasteiger partial charge is 1.00 e. The standard InChI is InChI=1S/C20H26N3S.ClH/c1-5-11-22(3)15-7-9-17-19(13-15)24-20-14-16(23(4)12-6-2)8-10-18(20)21-17;/h7-10,13-14H,5-6,11-12H2,1-4H3;1H/q+1;/p-1. The maximum Gasteiger partial charge on any atom is 0.201 e. The molecule has 3 rings (SSSR count). The van der Waals surface area contributed by atoms with Crippen molar-refractivity contribution >= 4 is 27.2 Å². The minimum atomic E-state index is 0. The molecule has 1 heterocycles. The Hall–Kier alpha value is -1.65. The first-order chi connectivity index (χ1) is 11.6. The summed E-state index contributed by atoms with van der Waals surface area (Å²) in [6.07, 6.45) is 2.31. The average Bonchev–Trinajstić information content (AvgIpc) is 2.59. The first kappa shape index (κ1) is 19.7. The normalized spacial score (nSPS) is 12.2. The Kier molecular flexibility index (Phi) is 6.79. The van der Waals surface area contributed by atoms with Gasteiger partial charge >= 0.3 is 0 Å². The van der Waals surface area contributed by atoms with Gasteiger partial charge in [0.25, 0.3) is 0 Å². The summed E-state index contributed by atoms with van der Waals surface area (Å²) in [5.41, 5.74) is 3.42. The maximum atomic E-state index is 4.84. The van der Waals surface area contributed by atoms with Gasteiger partial charge in [0.15, 0.2) is 0 Å². The Labute approximate surface area is 160 Å². The molecule has 2 aliphatic rings. The van der Waals surface area contributed by atoms with Crippen LogP contribution in [0.25, 0.3) is 20.8 Å². The number of rotatable bonds is 5. The van der Waals surface area contributed by atoms with E-state index in [1.165, 1.54) is 20.6 Å². The van der Waals surface area contributed by atoms with Gasteiger partial charge in [-0.2, -0.15) is 0 Å². The van der Waals surface area contributed by atoms with E-state index in [0.717, 1.165) is 37.1 Å². The van der Waals surface area contributed by atoms with Crippen molar-refractivity contribution in [1.29, 1.82) is 0 Å². The fraction of sp³-hybridized carbons (Fsp3) is 0.400. The highest BCUT2D eigenvalue weighted by Crippen LogP contribution is 2.31. The van der Waals surface area contributed by atoms with Crippen molar-refractivity contribution in [2.45, 2.75) is 26.7 Å². The van der Waals surface area contributed by atoms with Crippen LogP contribution >= 0.6 is 11.3 Å². The van der Waals surface area contributed by atoms with E-state index in [9.17, 15) is 0 Å². The molecule has 25 heavy (non-hydrogen) atoms. The van der Waals surface area contributed by atoms with Crippen LogP contribution in [0.4, 0.5) is 5.69 Å². The molecule has 0 atom stereocenters. The van der Waals surface area contributed by atoms with Gasteiger partial charge in [0.1, 0.15) is 13.6 Å². The van der Waals surface area contributed by atoms with Crippen molar-refractivity contribution in [2.24, 2.45) is 0 Å². The van der Waals surface area contributed by atoms with E-state index in [2.05, 4.69) is 73.8 Å². The van der Waals surface area contributed by atoms with Crippen LogP contribution in [0.15, 0.2) is 36.4 Å². The first-order valence-electron chi connectivity index (χ1n) is 8.72. The zero-order valence-corrected chi connectivity index (χ0v) is 17.0. The predicted octanol–water partition coefficient (Wildman–Crippen LogP) is 1.06. The monoisotopic (exact) mass is 375 g/mol. The van der Waals surface area contributed by atoms with E-state index in [1.54, 1.807) is 0 Å². The number of nitrogens with zero attached hydrogens (tertiary/aromatic N) is 3. The van der Waals surface area contributed by atoms with E-state index < -0.39 is 0 Å². The lowest BCUT2D eigenvalue weighted by atomic mass is 10.2. The van der Waals surface area contributed by atoms with Gasteiger partial charge in [-0.3, -0.25) is 0 Å². The molecule has 0 radical (unpaired) electrons. The summed E-state index contributed by atoms with van der Waals surface area (Å²) in [5.74, 6) is 0. The Balaban J connectivity index is 0.00000225. The van der Waals surface area contributed by atoms with Crippen molar-refractivity contribution in [3.8, 4) is 10.6 Å². The van der Waals surface area contributed by atoms with Crippen molar-refractivity contribution < 1.29 is 12.4 Å². The van der Waals surface area contributed by atoms with E-state index in [4.69, 9.17) is 4.98 Å². The topological polar surface area (TPSA) is 19.1 Å². The van der Waals surface area contributed by atoms with Gasteiger partial charge in [0, 0.05) is 37.8 Å². The molecule has 0 unspecified atom stereocenters. The van der Waals surface area contributed by atoms with Crippen LogP contribution in [0.1, 0.15) is 26.7 Å². The van der Waals surface area contributed by atoms with E-state index in [1.807, 2.05) is 11.3 Å². The zero-order valence-electron chi connectivity index (χ0n) is 15.4. The third kappa shape index (κ3) is 4.31. The minimum Gasteiger partial charge on any atom is -1.00 e. The Morgan fingerprint density at radius 2 is 1.88 bits per heavy atom. The molecule has 5 heteroatoms. The fourth-order valence-electron chi connectivity index (χ4n) is 3.01. The van der Waals surface area contributed by atoms with Crippen LogP contribution in [0, 0.1) is 0 Å². The Morgan fingerprint density at radius 1 is 1.08 bits per heavy atom. The van der Waals surface area contributed by atoms with Gasteiger partial charge in [0.05, 0.1) is 20.8 Å². The van der Waals surface area contributed by atoms with Crippen LogP contribution in [0.5, 0.6) is 0 Å². The summed E-state index contributed by atoms with van der Waals surface area (Å²) in [6, 6.07) is 13.2. The van der Waals surface area contributed by atoms with Crippen molar-refractivity contribution in [2.75, 3.05) is 32.1 Å². The third-order valence-corrected chi connectivity index (χ3v) is 5.44. The Morgan fingerprint density at radius 3 is 2.60 bits per heavy atom. The van der Waals surface area contributed by atoms with Crippen molar-refractivity contribution in [3.63, 3.8) is 0 Å². The van der Waals surface area contributed by atoms with Crippen LogP contribution in [-0.2, 0) is 0 Å². The van der Waals surface area contributed by atoms with E-state index in [-0.39, 0.29) is 12.4 Å². The van der Waals surface area contributed by atoms with Gasteiger partial charge < -0.3 is 17.3 Å². The first-order valence-corrected chi connectivity index (χ1v) is 9.54. The molecule has 0 saturated heterocycles. The van der Waals surface area contributed by atoms with Crippen molar-refractivity contribution in [3.05, 3.63) is 41.8 Å². The molecule has 0 N–H and O–H groups in total. The molecule has 0 saturated carbocycles. The molecule has 1 aromatic rings. The summed E-state index contributed by atoms with van der Waals surface area (Å²) < 4.78 is 3.56.